The molecule has 0 aliphatic heterocycles. The number of carbonyl (C=O) groups is 1. The largest absolute Gasteiger partial charge is 0.394 e. The number of hydrogen-bond acceptors (Lipinski definition) is 4. The van der Waals surface area contributed by atoms with Crippen molar-refractivity contribution in [3.63, 3.8) is 0 Å². The second-order valence-corrected chi connectivity index (χ2v) is 10.0. The SMILES string of the molecule is CCCCCCCCC/C=C/CC/C=C/C(O)C(CO)NC(=O)CC(O)CCCCCCCCC. The van der Waals surface area contributed by atoms with Crippen LogP contribution in [0, 0.1) is 0 Å². The fraction of sp³-hybridized carbons (Fsp3) is 0.833. The molecule has 0 rings (SSSR count). The molecule has 0 saturated heterocycles. The third-order valence-corrected chi connectivity index (χ3v) is 6.49. The number of unbranched alkanes of at least 4 members (excludes halogenated alkanes) is 14. The van der Waals surface area contributed by atoms with Gasteiger partial charge in [-0.15, -0.1) is 0 Å². The number of rotatable bonds is 25. The van der Waals surface area contributed by atoms with Gasteiger partial charge in [-0.05, 0) is 32.1 Å². The molecule has 206 valence electrons. The van der Waals surface area contributed by atoms with Crippen molar-refractivity contribution in [2.24, 2.45) is 0 Å². The van der Waals surface area contributed by atoms with Gasteiger partial charge in [-0.25, -0.2) is 0 Å². The van der Waals surface area contributed by atoms with Crippen LogP contribution < -0.4 is 5.32 Å². The van der Waals surface area contributed by atoms with Gasteiger partial charge in [-0.2, -0.15) is 0 Å². The first-order valence-electron chi connectivity index (χ1n) is 14.6. The molecule has 0 aromatic carbocycles. The first-order valence-corrected chi connectivity index (χ1v) is 14.6. The zero-order valence-electron chi connectivity index (χ0n) is 22.9. The second-order valence-electron chi connectivity index (χ2n) is 10.0. The molecule has 5 nitrogen and oxygen atoms in total. The van der Waals surface area contributed by atoms with Crippen LogP contribution in [0.25, 0.3) is 0 Å². The lowest BCUT2D eigenvalue weighted by Gasteiger charge is -2.21. The molecule has 0 bridgehead atoms. The average Bonchev–Trinajstić information content (AvgIpc) is 2.84. The Kier molecular flexibility index (Phi) is 25.0. The second kappa shape index (κ2) is 25.9. The predicted octanol–water partition coefficient (Wildman–Crippen LogP) is 6.75. The Labute approximate surface area is 216 Å². The fourth-order valence-electron chi connectivity index (χ4n) is 4.18. The smallest absolute Gasteiger partial charge is 0.222 e. The van der Waals surface area contributed by atoms with E-state index in [0.717, 1.165) is 32.1 Å². The van der Waals surface area contributed by atoms with Gasteiger partial charge in [-0.1, -0.05) is 122 Å². The van der Waals surface area contributed by atoms with Gasteiger partial charge in [-0.3, -0.25) is 4.79 Å². The molecule has 3 unspecified atom stereocenters. The third-order valence-electron chi connectivity index (χ3n) is 6.49. The lowest BCUT2D eigenvalue weighted by molar-refractivity contribution is -0.124. The molecule has 0 radical (unpaired) electrons. The lowest BCUT2D eigenvalue weighted by atomic mass is 10.0. The Morgan fingerprint density at radius 1 is 0.714 bits per heavy atom. The standard InChI is InChI=1S/C30H57NO4/c1-3-5-7-9-11-12-13-14-15-16-18-20-22-24-29(34)28(26-32)31-30(35)25-27(33)23-21-19-17-10-8-6-4-2/h15-16,22,24,27-29,32-34H,3-14,17-21,23,25-26H2,1-2H3,(H,31,35)/b16-15+,24-22+. The van der Waals surface area contributed by atoms with E-state index in [1.807, 2.05) is 6.08 Å². The van der Waals surface area contributed by atoms with Crippen molar-refractivity contribution >= 4 is 5.91 Å². The van der Waals surface area contributed by atoms with Crippen LogP contribution in [0.5, 0.6) is 0 Å². The molecule has 0 saturated carbocycles. The van der Waals surface area contributed by atoms with Gasteiger partial charge in [0.1, 0.15) is 0 Å². The van der Waals surface area contributed by atoms with E-state index in [2.05, 4.69) is 31.3 Å². The first kappa shape index (κ1) is 33.8. The average molecular weight is 496 g/mol. The highest BCUT2D eigenvalue weighted by molar-refractivity contribution is 5.76. The zero-order valence-corrected chi connectivity index (χ0v) is 22.9. The summed E-state index contributed by atoms with van der Waals surface area (Å²) in [5.41, 5.74) is 0. The van der Waals surface area contributed by atoms with Crippen LogP contribution in [0.2, 0.25) is 0 Å². The summed E-state index contributed by atoms with van der Waals surface area (Å²) in [5, 5.41) is 32.6. The van der Waals surface area contributed by atoms with Crippen LogP contribution in [0.3, 0.4) is 0 Å². The van der Waals surface area contributed by atoms with Crippen LogP contribution in [-0.4, -0.2) is 46.1 Å². The van der Waals surface area contributed by atoms with Crippen LogP contribution in [-0.2, 0) is 4.79 Å². The van der Waals surface area contributed by atoms with Gasteiger partial charge in [0.05, 0.1) is 31.3 Å². The summed E-state index contributed by atoms with van der Waals surface area (Å²) in [5.74, 6) is -0.333. The van der Waals surface area contributed by atoms with E-state index in [0.29, 0.717) is 6.42 Å². The Morgan fingerprint density at radius 2 is 1.23 bits per heavy atom. The Balaban J connectivity index is 3.90. The first-order chi connectivity index (χ1) is 17.0. The Morgan fingerprint density at radius 3 is 1.83 bits per heavy atom. The minimum atomic E-state index is -0.944. The summed E-state index contributed by atoms with van der Waals surface area (Å²) in [4.78, 5) is 12.2. The van der Waals surface area contributed by atoms with Crippen molar-refractivity contribution in [1.29, 1.82) is 0 Å². The number of hydrogen-bond donors (Lipinski definition) is 4. The van der Waals surface area contributed by atoms with Crippen LogP contribution in [0.4, 0.5) is 0 Å². The topological polar surface area (TPSA) is 89.8 Å². The molecule has 0 aromatic rings. The number of nitrogens with one attached hydrogen (secondary N) is 1. The van der Waals surface area contributed by atoms with Crippen molar-refractivity contribution in [3.8, 4) is 0 Å². The summed E-state index contributed by atoms with van der Waals surface area (Å²) < 4.78 is 0. The molecule has 3 atom stereocenters. The maximum Gasteiger partial charge on any atom is 0.222 e. The maximum absolute atomic E-state index is 12.2. The highest BCUT2D eigenvalue weighted by Gasteiger charge is 2.19. The molecule has 1 amide bonds. The van der Waals surface area contributed by atoms with Gasteiger partial charge >= 0.3 is 0 Å². The summed E-state index contributed by atoms with van der Waals surface area (Å²) in [6.07, 6.45) is 27.3. The van der Waals surface area contributed by atoms with E-state index in [-0.39, 0.29) is 18.9 Å². The summed E-state index contributed by atoms with van der Waals surface area (Å²) in [6, 6.07) is -0.752. The lowest BCUT2D eigenvalue weighted by Crippen LogP contribution is -2.45. The third kappa shape index (κ3) is 23.0. The highest BCUT2D eigenvalue weighted by Crippen LogP contribution is 2.12. The summed E-state index contributed by atoms with van der Waals surface area (Å²) in [6.45, 7) is 4.11. The van der Waals surface area contributed by atoms with E-state index >= 15 is 0 Å². The van der Waals surface area contributed by atoms with Crippen molar-refractivity contribution in [1.82, 2.24) is 5.32 Å². The Bertz CT molecular complexity index is 520. The van der Waals surface area contributed by atoms with E-state index < -0.39 is 18.2 Å². The van der Waals surface area contributed by atoms with Crippen molar-refractivity contribution < 1.29 is 20.1 Å². The monoisotopic (exact) mass is 495 g/mol. The van der Waals surface area contributed by atoms with E-state index in [4.69, 9.17) is 0 Å². The van der Waals surface area contributed by atoms with Gasteiger partial charge in [0.15, 0.2) is 0 Å². The number of aliphatic hydroxyl groups excluding tert-OH is 3. The van der Waals surface area contributed by atoms with Crippen molar-refractivity contribution in [2.45, 2.75) is 154 Å². The molecular formula is C30H57NO4. The van der Waals surface area contributed by atoms with E-state index in [9.17, 15) is 20.1 Å². The van der Waals surface area contributed by atoms with Gasteiger partial charge in [0.2, 0.25) is 5.91 Å². The molecular weight excluding hydrogens is 438 g/mol. The summed E-state index contributed by atoms with van der Waals surface area (Å²) >= 11 is 0. The number of aliphatic hydroxyl groups is 3. The normalized spacial score (nSPS) is 14.5. The predicted molar refractivity (Wildman–Crippen MR) is 148 cm³/mol. The van der Waals surface area contributed by atoms with Crippen LogP contribution in [0.1, 0.15) is 136 Å². The van der Waals surface area contributed by atoms with E-state index in [1.54, 1.807) is 6.08 Å². The molecule has 0 aliphatic rings. The van der Waals surface area contributed by atoms with E-state index in [1.165, 1.54) is 77.0 Å². The fourth-order valence-corrected chi connectivity index (χ4v) is 4.18. The molecule has 0 aromatic heterocycles. The molecule has 5 heteroatoms. The minimum Gasteiger partial charge on any atom is -0.394 e. The van der Waals surface area contributed by atoms with Crippen molar-refractivity contribution in [2.75, 3.05) is 6.61 Å². The maximum atomic E-state index is 12.2. The molecule has 35 heavy (non-hydrogen) atoms. The Hall–Kier alpha value is -1.17. The number of allylic oxidation sites excluding steroid dienone is 3. The van der Waals surface area contributed by atoms with Gasteiger partial charge in [0.25, 0.3) is 0 Å². The summed E-state index contributed by atoms with van der Waals surface area (Å²) in [7, 11) is 0. The number of carbonyl (C=O) groups excluding carboxylic acids is 1. The van der Waals surface area contributed by atoms with Gasteiger partial charge < -0.3 is 20.6 Å². The number of amides is 1. The highest BCUT2D eigenvalue weighted by atomic mass is 16.3. The van der Waals surface area contributed by atoms with Gasteiger partial charge in [0, 0.05) is 0 Å². The van der Waals surface area contributed by atoms with Crippen LogP contribution in [0.15, 0.2) is 24.3 Å². The zero-order chi connectivity index (χ0) is 26.0. The molecule has 0 spiro atoms. The van der Waals surface area contributed by atoms with Crippen molar-refractivity contribution in [3.05, 3.63) is 24.3 Å². The molecule has 0 heterocycles. The quantitative estimate of drug-likeness (QED) is 0.0833. The molecule has 4 N–H and O–H groups in total. The minimum absolute atomic E-state index is 0.00625. The molecule has 0 aliphatic carbocycles. The molecule has 0 fully saturated rings. The van der Waals surface area contributed by atoms with Crippen LogP contribution >= 0.6 is 0 Å².